The van der Waals surface area contributed by atoms with Crippen molar-refractivity contribution in [1.29, 1.82) is 5.26 Å². The molecule has 0 saturated carbocycles. The maximum atomic E-state index is 11.7. The molecule has 1 aliphatic rings. The van der Waals surface area contributed by atoms with Crippen molar-refractivity contribution in [3.05, 3.63) is 92.5 Å². The third kappa shape index (κ3) is 6.32. The van der Waals surface area contributed by atoms with Gasteiger partial charge >= 0.3 is 0 Å². The normalized spacial score (nSPS) is 14.1. The lowest BCUT2D eigenvalue weighted by Gasteiger charge is -2.32. The van der Waals surface area contributed by atoms with E-state index in [1.165, 1.54) is 6.07 Å². The number of hydrogen-bond donors (Lipinski definition) is 1. The zero-order valence-electron chi connectivity index (χ0n) is 21.3. The number of piperidine rings is 1. The second kappa shape index (κ2) is 11.2. The quantitative estimate of drug-likeness (QED) is 0.225. The highest BCUT2D eigenvalue weighted by Crippen LogP contribution is 2.35. The maximum Gasteiger partial charge on any atom is 0.292 e. The van der Waals surface area contributed by atoms with E-state index in [0.717, 1.165) is 49.2 Å². The van der Waals surface area contributed by atoms with Crippen LogP contribution in [0.25, 0.3) is 0 Å². The Morgan fingerprint density at radius 1 is 1.11 bits per heavy atom. The van der Waals surface area contributed by atoms with Crippen LogP contribution >= 0.6 is 0 Å². The Kier molecular flexibility index (Phi) is 7.85. The second-order valence-corrected chi connectivity index (χ2v) is 9.54. The molecule has 0 amide bonds. The van der Waals surface area contributed by atoms with Crippen molar-refractivity contribution >= 4 is 17.2 Å². The summed E-state index contributed by atoms with van der Waals surface area (Å²) in [6.45, 7) is 7.84. The Hall–Kier alpha value is -4.22. The molecule has 190 valence electrons. The van der Waals surface area contributed by atoms with Crippen molar-refractivity contribution in [2.45, 2.75) is 46.2 Å². The van der Waals surface area contributed by atoms with Gasteiger partial charge in [0.1, 0.15) is 17.2 Å². The summed E-state index contributed by atoms with van der Waals surface area (Å²) < 4.78 is 6.11. The van der Waals surface area contributed by atoms with Gasteiger partial charge < -0.3 is 10.1 Å². The maximum absolute atomic E-state index is 11.7. The number of hydrogen-bond acceptors (Lipinski definition) is 7. The number of ketones is 1. The van der Waals surface area contributed by atoms with Crippen LogP contribution < -0.4 is 10.1 Å². The average Bonchev–Trinajstić information content (AvgIpc) is 2.87. The molecule has 1 aliphatic heterocycles. The minimum Gasteiger partial charge on any atom is -0.457 e. The first-order valence-corrected chi connectivity index (χ1v) is 12.3. The van der Waals surface area contributed by atoms with E-state index in [4.69, 9.17) is 4.74 Å². The topological polar surface area (TPSA) is 109 Å². The number of ether oxygens (including phenoxy) is 1. The number of nitro groups is 1. The number of nitro benzene ring substituents is 1. The van der Waals surface area contributed by atoms with E-state index in [1.54, 1.807) is 31.2 Å². The third-order valence-electron chi connectivity index (χ3n) is 6.69. The fourth-order valence-electron chi connectivity index (χ4n) is 4.71. The SMILES string of the molecule is CC(=O)c1ccc(CN2CCC(Nc3cc(Oc4c(C)cc(C#N)cc4C)ccc3[N+](=O)[O-])CC2)cc1. The van der Waals surface area contributed by atoms with Gasteiger partial charge in [-0.3, -0.25) is 19.8 Å². The standard InChI is InChI=1S/C29H30N4O4/c1-19-14-23(17-30)15-20(2)29(19)37-26-8-9-28(33(35)36)27(16-26)31-25-10-12-32(13-11-25)18-22-4-6-24(7-5-22)21(3)34/h4-9,14-16,25,31H,10-13,18H2,1-3H3. The molecule has 8 heteroatoms. The van der Waals surface area contributed by atoms with Crippen molar-refractivity contribution < 1.29 is 14.5 Å². The molecule has 3 aromatic rings. The minimum atomic E-state index is -0.385. The zero-order chi connectivity index (χ0) is 26.5. The Labute approximate surface area is 216 Å². The molecule has 1 N–H and O–H groups in total. The predicted octanol–water partition coefficient (Wildman–Crippen LogP) is 6.15. The number of aryl methyl sites for hydroxylation is 2. The van der Waals surface area contributed by atoms with Gasteiger partial charge in [0.15, 0.2) is 5.78 Å². The zero-order valence-corrected chi connectivity index (χ0v) is 21.3. The van der Waals surface area contributed by atoms with Gasteiger partial charge in [0.25, 0.3) is 5.69 Å². The predicted molar refractivity (Wildman–Crippen MR) is 142 cm³/mol. The van der Waals surface area contributed by atoms with Crippen molar-refractivity contribution in [2.75, 3.05) is 18.4 Å². The van der Waals surface area contributed by atoms with E-state index in [9.17, 15) is 20.2 Å². The van der Waals surface area contributed by atoms with Crippen molar-refractivity contribution in [3.63, 3.8) is 0 Å². The lowest BCUT2D eigenvalue weighted by atomic mass is 10.0. The summed E-state index contributed by atoms with van der Waals surface area (Å²) in [4.78, 5) is 25.2. The van der Waals surface area contributed by atoms with Gasteiger partial charge in [-0.15, -0.1) is 0 Å². The van der Waals surface area contributed by atoms with Crippen molar-refractivity contribution in [3.8, 4) is 17.6 Å². The first kappa shape index (κ1) is 25.9. The van der Waals surface area contributed by atoms with Gasteiger partial charge in [-0.2, -0.15) is 5.26 Å². The number of anilines is 1. The summed E-state index contributed by atoms with van der Waals surface area (Å²) in [7, 11) is 0. The molecule has 0 aromatic heterocycles. The van der Waals surface area contributed by atoms with Gasteiger partial charge in [0, 0.05) is 43.4 Å². The molecule has 0 atom stereocenters. The van der Waals surface area contributed by atoms with E-state index in [2.05, 4.69) is 16.3 Å². The Balaban J connectivity index is 1.42. The summed E-state index contributed by atoms with van der Waals surface area (Å²) in [5.74, 6) is 1.20. The number of rotatable bonds is 8. The molecule has 0 radical (unpaired) electrons. The van der Waals surface area contributed by atoms with Crippen LogP contribution in [-0.4, -0.2) is 34.7 Å². The number of Topliss-reactive ketones (excluding diaryl/α,β-unsaturated/α-hetero) is 1. The number of carbonyl (C=O) groups is 1. The van der Waals surface area contributed by atoms with E-state index in [1.807, 2.05) is 38.1 Å². The molecular formula is C29H30N4O4. The lowest BCUT2D eigenvalue weighted by molar-refractivity contribution is -0.384. The van der Waals surface area contributed by atoms with Crippen LogP contribution in [0.3, 0.4) is 0 Å². The largest absolute Gasteiger partial charge is 0.457 e. The molecule has 0 spiro atoms. The van der Waals surface area contributed by atoms with Gasteiger partial charge in [0.2, 0.25) is 0 Å². The summed E-state index contributed by atoms with van der Waals surface area (Å²) >= 11 is 0. The molecule has 0 bridgehead atoms. The highest BCUT2D eigenvalue weighted by molar-refractivity contribution is 5.94. The van der Waals surface area contributed by atoms with E-state index in [0.29, 0.717) is 28.3 Å². The van der Waals surface area contributed by atoms with Crippen LogP contribution in [0.15, 0.2) is 54.6 Å². The van der Waals surface area contributed by atoms with Gasteiger partial charge in [-0.25, -0.2) is 0 Å². The molecule has 4 rings (SSSR count). The molecule has 3 aromatic carbocycles. The first-order valence-electron chi connectivity index (χ1n) is 12.3. The van der Waals surface area contributed by atoms with Crippen LogP contribution in [-0.2, 0) is 6.54 Å². The summed E-state index contributed by atoms with van der Waals surface area (Å²) in [5, 5.41) is 24.3. The highest BCUT2D eigenvalue weighted by Gasteiger charge is 2.23. The van der Waals surface area contributed by atoms with Gasteiger partial charge in [0.05, 0.1) is 16.6 Å². The van der Waals surface area contributed by atoms with E-state index >= 15 is 0 Å². The minimum absolute atomic E-state index is 0.00797. The molecule has 1 heterocycles. The van der Waals surface area contributed by atoms with Crippen LogP contribution in [0.2, 0.25) is 0 Å². The molecular weight excluding hydrogens is 468 g/mol. The smallest absolute Gasteiger partial charge is 0.292 e. The molecule has 0 unspecified atom stereocenters. The van der Waals surface area contributed by atoms with Gasteiger partial charge in [-0.05, 0) is 68.5 Å². The van der Waals surface area contributed by atoms with Crippen LogP contribution in [0.1, 0.15) is 52.4 Å². The van der Waals surface area contributed by atoms with Crippen molar-refractivity contribution in [2.24, 2.45) is 0 Å². The average molecular weight is 499 g/mol. The van der Waals surface area contributed by atoms with Crippen LogP contribution in [0.5, 0.6) is 11.5 Å². The summed E-state index contributed by atoms with van der Waals surface area (Å²) in [5.41, 5.74) is 4.53. The molecule has 1 saturated heterocycles. The van der Waals surface area contributed by atoms with Crippen LogP contribution in [0.4, 0.5) is 11.4 Å². The fourth-order valence-corrected chi connectivity index (χ4v) is 4.71. The Bertz CT molecular complexity index is 1330. The lowest BCUT2D eigenvalue weighted by Crippen LogP contribution is -2.38. The molecule has 0 aliphatic carbocycles. The Morgan fingerprint density at radius 2 is 1.76 bits per heavy atom. The molecule has 37 heavy (non-hydrogen) atoms. The van der Waals surface area contributed by atoms with Crippen molar-refractivity contribution in [1.82, 2.24) is 4.90 Å². The number of nitriles is 1. The number of likely N-dealkylation sites (tertiary alicyclic amines) is 1. The highest BCUT2D eigenvalue weighted by atomic mass is 16.6. The van der Waals surface area contributed by atoms with E-state index < -0.39 is 0 Å². The van der Waals surface area contributed by atoms with E-state index in [-0.39, 0.29) is 22.4 Å². The second-order valence-electron chi connectivity index (χ2n) is 9.54. The first-order chi connectivity index (χ1) is 17.7. The summed E-state index contributed by atoms with van der Waals surface area (Å²) in [6.07, 6.45) is 1.70. The number of benzene rings is 3. The van der Waals surface area contributed by atoms with Gasteiger partial charge in [-0.1, -0.05) is 24.3 Å². The molecule has 1 fully saturated rings. The van der Waals surface area contributed by atoms with Crippen LogP contribution in [0, 0.1) is 35.3 Å². The molecule has 8 nitrogen and oxygen atoms in total. The third-order valence-corrected chi connectivity index (χ3v) is 6.69. The number of nitrogens with zero attached hydrogens (tertiary/aromatic N) is 3. The Morgan fingerprint density at radius 3 is 2.32 bits per heavy atom. The fraction of sp³-hybridized carbons (Fsp3) is 0.310. The number of nitrogens with one attached hydrogen (secondary N) is 1. The number of carbonyl (C=O) groups excluding carboxylic acids is 1. The summed E-state index contributed by atoms with van der Waals surface area (Å²) in [6, 6.07) is 18.2. The monoisotopic (exact) mass is 498 g/mol.